The second-order valence-corrected chi connectivity index (χ2v) is 5.62. The summed E-state index contributed by atoms with van der Waals surface area (Å²) in [6, 6.07) is -0.0885. The first-order valence-electron chi connectivity index (χ1n) is 7.44. The highest BCUT2D eigenvalue weighted by atomic mass is 16.5. The molecule has 0 aliphatic carbocycles. The maximum Gasteiger partial charge on any atom is 0.314 e. The Morgan fingerprint density at radius 2 is 2.30 bits per heavy atom. The topological polar surface area (TPSA) is 68.2 Å². The molecular formula is C14H22N4O2. The molecule has 1 fully saturated rings. The van der Waals surface area contributed by atoms with Gasteiger partial charge in [0.05, 0.1) is 6.10 Å². The third-order valence-electron chi connectivity index (χ3n) is 4.12. The van der Waals surface area contributed by atoms with Gasteiger partial charge in [0.2, 0.25) is 0 Å². The van der Waals surface area contributed by atoms with E-state index in [1.165, 1.54) is 0 Å². The Labute approximate surface area is 118 Å². The first kappa shape index (κ1) is 13.4. The van der Waals surface area contributed by atoms with Gasteiger partial charge >= 0.3 is 6.03 Å². The van der Waals surface area contributed by atoms with Crippen LogP contribution in [-0.4, -0.2) is 41.4 Å². The van der Waals surface area contributed by atoms with E-state index < -0.39 is 0 Å². The smallest absolute Gasteiger partial charge is 0.314 e. The molecule has 20 heavy (non-hydrogen) atoms. The van der Waals surface area contributed by atoms with E-state index in [-0.39, 0.29) is 12.1 Å². The van der Waals surface area contributed by atoms with Crippen molar-refractivity contribution in [3.63, 3.8) is 0 Å². The molecule has 1 aromatic heterocycles. The summed E-state index contributed by atoms with van der Waals surface area (Å²) in [5, 5.41) is 5.84. The Kier molecular flexibility index (Phi) is 4.20. The zero-order chi connectivity index (χ0) is 13.8. The van der Waals surface area contributed by atoms with Gasteiger partial charge in [0.15, 0.2) is 0 Å². The molecule has 0 radical (unpaired) electrons. The van der Waals surface area contributed by atoms with Gasteiger partial charge in [-0.3, -0.25) is 0 Å². The number of ether oxygens (including phenoxy) is 1. The number of imidazole rings is 1. The van der Waals surface area contributed by atoms with Crippen molar-refractivity contribution < 1.29 is 9.53 Å². The van der Waals surface area contributed by atoms with Crippen LogP contribution in [0.1, 0.15) is 25.1 Å². The highest BCUT2D eigenvalue weighted by Crippen LogP contribution is 2.18. The fourth-order valence-electron chi connectivity index (χ4n) is 2.90. The monoisotopic (exact) mass is 278 g/mol. The Morgan fingerprint density at radius 3 is 3.15 bits per heavy atom. The number of nitrogens with one attached hydrogen (secondary N) is 2. The maximum absolute atomic E-state index is 11.7. The van der Waals surface area contributed by atoms with Crippen molar-refractivity contribution in [1.29, 1.82) is 0 Å². The lowest BCUT2D eigenvalue weighted by atomic mass is 9.98. The number of amides is 2. The van der Waals surface area contributed by atoms with E-state index >= 15 is 0 Å². The molecular weight excluding hydrogens is 256 g/mol. The van der Waals surface area contributed by atoms with E-state index in [4.69, 9.17) is 4.74 Å². The number of rotatable bonds is 4. The summed E-state index contributed by atoms with van der Waals surface area (Å²) >= 11 is 0. The molecule has 110 valence electrons. The van der Waals surface area contributed by atoms with Gasteiger partial charge in [0, 0.05) is 45.1 Å². The van der Waals surface area contributed by atoms with Crippen molar-refractivity contribution in [2.75, 3.05) is 19.7 Å². The molecule has 0 spiro atoms. The summed E-state index contributed by atoms with van der Waals surface area (Å²) in [5.41, 5.74) is 0. The normalized spacial score (nSPS) is 25.2. The lowest BCUT2D eigenvalue weighted by Crippen LogP contribution is -2.42. The van der Waals surface area contributed by atoms with Gasteiger partial charge in [-0.25, -0.2) is 9.78 Å². The number of aryl methyl sites for hydroxylation is 1. The first-order valence-corrected chi connectivity index (χ1v) is 7.44. The van der Waals surface area contributed by atoms with Crippen LogP contribution in [0.3, 0.4) is 0 Å². The average molecular weight is 278 g/mol. The molecule has 2 N–H and O–H groups in total. The lowest BCUT2D eigenvalue weighted by molar-refractivity contribution is 0.111. The second kappa shape index (κ2) is 6.26. The standard InChI is InChI=1S/C14H22N4O2/c19-14(17-10-12-2-1-7-20-12)16-9-11-3-5-18-6-4-15-13(18)8-11/h4,6,11-12H,1-3,5,7-10H2,(H2,16,17,19)/t11-,12-/m1/s1. The highest BCUT2D eigenvalue weighted by molar-refractivity contribution is 5.73. The molecule has 1 saturated heterocycles. The zero-order valence-electron chi connectivity index (χ0n) is 11.7. The van der Waals surface area contributed by atoms with E-state index in [1.807, 2.05) is 12.4 Å². The van der Waals surface area contributed by atoms with E-state index in [1.54, 1.807) is 0 Å². The van der Waals surface area contributed by atoms with Gasteiger partial charge < -0.3 is 19.9 Å². The number of urea groups is 1. The van der Waals surface area contributed by atoms with Gasteiger partial charge in [-0.2, -0.15) is 0 Å². The highest BCUT2D eigenvalue weighted by Gasteiger charge is 2.20. The first-order chi connectivity index (χ1) is 9.81. The van der Waals surface area contributed by atoms with Crippen molar-refractivity contribution >= 4 is 6.03 Å². The summed E-state index contributed by atoms with van der Waals surface area (Å²) < 4.78 is 7.66. The molecule has 6 nitrogen and oxygen atoms in total. The van der Waals surface area contributed by atoms with Crippen molar-refractivity contribution in [2.24, 2.45) is 5.92 Å². The second-order valence-electron chi connectivity index (χ2n) is 5.62. The molecule has 2 aliphatic rings. The Morgan fingerprint density at radius 1 is 1.40 bits per heavy atom. The molecule has 3 heterocycles. The summed E-state index contributed by atoms with van der Waals surface area (Å²) in [6.07, 6.45) is 8.25. The molecule has 6 heteroatoms. The zero-order valence-corrected chi connectivity index (χ0v) is 11.7. The number of aromatic nitrogens is 2. The van der Waals surface area contributed by atoms with Crippen LogP contribution in [0, 0.1) is 5.92 Å². The minimum absolute atomic E-state index is 0.0885. The summed E-state index contributed by atoms with van der Waals surface area (Å²) in [7, 11) is 0. The number of hydrogen-bond acceptors (Lipinski definition) is 3. The Bertz CT molecular complexity index is 454. The number of carbonyl (C=O) groups is 1. The van der Waals surface area contributed by atoms with Crippen LogP contribution in [0.25, 0.3) is 0 Å². The third kappa shape index (κ3) is 3.30. The van der Waals surface area contributed by atoms with Gasteiger partial charge in [0.1, 0.15) is 5.82 Å². The van der Waals surface area contributed by atoms with Crippen LogP contribution < -0.4 is 10.6 Å². The maximum atomic E-state index is 11.7. The summed E-state index contributed by atoms with van der Waals surface area (Å²) in [5.74, 6) is 1.61. The molecule has 2 atom stereocenters. The minimum atomic E-state index is -0.0885. The largest absolute Gasteiger partial charge is 0.376 e. The number of carbonyl (C=O) groups excluding carboxylic acids is 1. The van der Waals surface area contributed by atoms with Crippen molar-refractivity contribution in [3.05, 3.63) is 18.2 Å². The molecule has 0 unspecified atom stereocenters. The molecule has 2 amide bonds. The number of fused-ring (bicyclic) bond motifs is 1. The molecule has 2 aliphatic heterocycles. The van der Waals surface area contributed by atoms with Crippen molar-refractivity contribution in [1.82, 2.24) is 20.2 Å². The molecule has 3 rings (SSSR count). The lowest BCUT2D eigenvalue weighted by Gasteiger charge is -2.23. The molecule has 0 aromatic carbocycles. The fourth-order valence-corrected chi connectivity index (χ4v) is 2.90. The molecule has 0 bridgehead atoms. The van der Waals surface area contributed by atoms with E-state index in [2.05, 4.69) is 20.2 Å². The van der Waals surface area contributed by atoms with Crippen LogP contribution in [0.5, 0.6) is 0 Å². The fraction of sp³-hybridized carbons (Fsp3) is 0.714. The van der Waals surface area contributed by atoms with Crippen LogP contribution in [0.15, 0.2) is 12.4 Å². The van der Waals surface area contributed by atoms with Gasteiger partial charge in [-0.1, -0.05) is 0 Å². The Balaban J connectivity index is 1.36. The Hall–Kier alpha value is -1.56. The number of hydrogen-bond donors (Lipinski definition) is 2. The number of nitrogens with zero attached hydrogens (tertiary/aromatic N) is 2. The predicted molar refractivity (Wildman–Crippen MR) is 74.4 cm³/mol. The molecule has 1 aromatic rings. The van der Waals surface area contributed by atoms with Crippen LogP contribution >= 0.6 is 0 Å². The molecule has 0 saturated carbocycles. The van der Waals surface area contributed by atoms with E-state index in [0.717, 1.165) is 44.7 Å². The third-order valence-corrected chi connectivity index (χ3v) is 4.12. The van der Waals surface area contributed by atoms with Gasteiger partial charge in [-0.15, -0.1) is 0 Å². The van der Waals surface area contributed by atoms with Crippen LogP contribution in [0.4, 0.5) is 4.79 Å². The predicted octanol–water partition coefficient (Wildman–Crippen LogP) is 0.924. The average Bonchev–Trinajstić information content (AvgIpc) is 3.13. The van der Waals surface area contributed by atoms with Crippen LogP contribution in [0.2, 0.25) is 0 Å². The minimum Gasteiger partial charge on any atom is -0.376 e. The van der Waals surface area contributed by atoms with Crippen LogP contribution in [-0.2, 0) is 17.7 Å². The summed E-state index contributed by atoms with van der Waals surface area (Å²) in [4.78, 5) is 16.1. The van der Waals surface area contributed by atoms with Gasteiger partial charge in [0.25, 0.3) is 0 Å². The van der Waals surface area contributed by atoms with Crippen molar-refractivity contribution in [3.8, 4) is 0 Å². The SMILES string of the molecule is O=C(NC[C@@H]1CCn2ccnc2C1)NC[C@H]1CCCO1. The van der Waals surface area contributed by atoms with Gasteiger partial charge in [-0.05, 0) is 25.2 Å². The van der Waals surface area contributed by atoms with E-state index in [9.17, 15) is 4.79 Å². The van der Waals surface area contributed by atoms with E-state index in [0.29, 0.717) is 19.0 Å². The quantitative estimate of drug-likeness (QED) is 0.860. The van der Waals surface area contributed by atoms with Crippen molar-refractivity contribution in [2.45, 2.75) is 38.3 Å². The summed E-state index contributed by atoms with van der Waals surface area (Å²) in [6.45, 7) is 3.15.